The molecule has 2 aromatic carbocycles. The molecule has 10 heteroatoms. The maximum Gasteiger partial charge on any atom is 0.417 e. The number of likely N-dealkylation sites (N-methyl/N-ethyl adjacent to an activating group) is 1. The average molecular weight is 495 g/mol. The number of alkyl halides is 3. The SMILES string of the molecule is C[C@H]1CN(c2cc(F)c(C3=CCNCC3)cc2NC(=O)c2ccc(F)cc2C(F)(F)F)CCN1C. The minimum absolute atomic E-state index is 0.149. The minimum Gasteiger partial charge on any atom is -0.367 e. The highest BCUT2D eigenvalue weighted by atomic mass is 19.4. The molecular formula is C25H27F5N4O. The Labute approximate surface area is 200 Å². The van der Waals surface area contributed by atoms with Crippen molar-refractivity contribution in [2.75, 3.05) is 50.0 Å². The molecule has 35 heavy (non-hydrogen) atoms. The van der Waals surface area contributed by atoms with E-state index in [0.717, 1.165) is 17.7 Å². The van der Waals surface area contributed by atoms with Crippen molar-refractivity contribution in [1.82, 2.24) is 10.2 Å². The molecule has 1 atom stereocenters. The van der Waals surface area contributed by atoms with E-state index < -0.39 is 34.8 Å². The lowest BCUT2D eigenvalue weighted by Crippen LogP contribution is -2.50. The van der Waals surface area contributed by atoms with Crippen LogP contribution in [0.3, 0.4) is 0 Å². The molecule has 0 aliphatic carbocycles. The van der Waals surface area contributed by atoms with E-state index in [9.17, 15) is 22.4 Å². The number of hydrogen-bond acceptors (Lipinski definition) is 4. The van der Waals surface area contributed by atoms with E-state index in [4.69, 9.17) is 0 Å². The number of halogens is 5. The summed E-state index contributed by atoms with van der Waals surface area (Å²) in [7, 11) is 1.98. The Morgan fingerprint density at radius 2 is 1.91 bits per heavy atom. The standard InChI is InChI=1S/C25H27F5N4O/c1-15-14-34(10-9-33(15)2)23-13-21(27)19(16-5-7-31-8-6-16)12-22(23)32-24(35)18-4-3-17(26)11-20(18)25(28,29)30/h3-5,11-13,15,31H,6-10,14H2,1-2H3,(H,32,35)/t15-/m0/s1. The summed E-state index contributed by atoms with van der Waals surface area (Å²) in [6.07, 6.45) is -2.49. The predicted octanol–water partition coefficient (Wildman–Crippen LogP) is 4.75. The molecule has 0 aromatic heterocycles. The molecule has 188 valence electrons. The third-order valence-corrected chi connectivity index (χ3v) is 6.58. The first kappa shape index (κ1) is 25.1. The molecule has 0 unspecified atom stereocenters. The predicted molar refractivity (Wildman–Crippen MR) is 126 cm³/mol. The van der Waals surface area contributed by atoms with Crippen molar-refractivity contribution in [2.24, 2.45) is 0 Å². The summed E-state index contributed by atoms with van der Waals surface area (Å²) in [5.41, 5.74) is -0.419. The summed E-state index contributed by atoms with van der Waals surface area (Å²) in [5.74, 6) is -2.60. The first-order valence-electron chi connectivity index (χ1n) is 11.4. The van der Waals surface area contributed by atoms with Crippen molar-refractivity contribution in [2.45, 2.75) is 25.6 Å². The smallest absolute Gasteiger partial charge is 0.367 e. The summed E-state index contributed by atoms with van der Waals surface area (Å²) in [6, 6.07) is 4.89. The lowest BCUT2D eigenvalue weighted by molar-refractivity contribution is -0.138. The zero-order valence-corrected chi connectivity index (χ0v) is 19.5. The van der Waals surface area contributed by atoms with E-state index in [1.165, 1.54) is 12.1 Å². The van der Waals surface area contributed by atoms with Gasteiger partial charge in [-0.1, -0.05) is 6.08 Å². The van der Waals surface area contributed by atoms with Crippen molar-refractivity contribution in [3.63, 3.8) is 0 Å². The van der Waals surface area contributed by atoms with Crippen LogP contribution in [0.1, 0.15) is 34.8 Å². The number of carbonyl (C=O) groups is 1. The molecule has 2 aliphatic rings. The Balaban J connectivity index is 1.76. The Kier molecular flexibility index (Phi) is 7.14. The maximum atomic E-state index is 15.3. The van der Waals surface area contributed by atoms with E-state index in [2.05, 4.69) is 15.5 Å². The Hall–Kier alpha value is -2.98. The Morgan fingerprint density at radius 1 is 1.14 bits per heavy atom. The lowest BCUT2D eigenvalue weighted by Gasteiger charge is -2.39. The van der Waals surface area contributed by atoms with E-state index in [-0.39, 0.29) is 11.7 Å². The molecule has 0 bridgehead atoms. The van der Waals surface area contributed by atoms with E-state index in [1.807, 2.05) is 24.9 Å². The highest BCUT2D eigenvalue weighted by Crippen LogP contribution is 2.37. The molecule has 0 spiro atoms. The molecule has 4 rings (SSSR count). The van der Waals surface area contributed by atoms with Crippen LogP contribution in [0.25, 0.3) is 5.57 Å². The van der Waals surface area contributed by atoms with E-state index >= 15 is 4.39 Å². The van der Waals surface area contributed by atoms with Gasteiger partial charge in [0, 0.05) is 37.8 Å². The molecule has 2 N–H and O–H groups in total. The Bertz CT molecular complexity index is 1150. The molecule has 1 amide bonds. The molecule has 2 heterocycles. The number of amides is 1. The average Bonchev–Trinajstić information content (AvgIpc) is 2.81. The second-order valence-corrected chi connectivity index (χ2v) is 8.95. The highest BCUT2D eigenvalue weighted by Gasteiger charge is 2.36. The van der Waals surface area contributed by atoms with Crippen molar-refractivity contribution < 1.29 is 26.7 Å². The van der Waals surface area contributed by atoms with Crippen molar-refractivity contribution in [1.29, 1.82) is 0 Å². The van der Waals surface area contributed by atoms with Gasteiger partial charge in [0.05, 0.1) is 22.5 Å². The first-order valence-corrected chi connectivity index (χ1v) is 11.4. The largest absolute Gasteiger partial charge is 0.417 e. The van der Waals surface area contributed by atoms with Crippen LogP contribution >= 0.6 is 0 Å². The van der Waals surface area contributed by atoms with E-state index in [1.54, 1.807) is 0 Å². The molecule has 1 saturated heterocycles. The zero-order chi connectivity index (χ0) is 25.3. The first-order chi connectivity index (χ1) is 16.5. The number of nitrogens with zero attached hydrogens (tertiary/aromatic N) is 2. The normalized spacial score (nSPS) is 19.5. The van der Waals surface area contributed by atoms with Crippen LogP contribution in [-0.4, -0.2) is 56.6 Å². The van der Waals surface area contributed by atoms with E-state index in [0.29, 0.717) is 56.5 Å². The van der Waals surface area contributed by atoms with Gasteiger partial charge < -0.3 is 20.4 Å². The minimum atomic E-state index is -4.92. The number of benzene rings is 2. The Morgan fingerprint density at radius 3 is 2.57 bits per heavy atom. The number of rotatable bonds is 4. The van der Waals surface area contributed by atoms with Gasteiger partial charge in [-0.05, 0) is 62.8 Å². The van der Waals surface area contributed by atoms with Crippen molar-refractivity contribution in [3.05, 3.63) is 64.7 Å². The van der Waals surface area contributed by atoms with Crippen molar-refractivity contribution in [3.8, 4) is 0 Å². The summed E-state index contributed by atoms with van der Waals surface area (Å²) in [4.78, 5) is 17.1. The number of hydrogen-bond donors (Lipinski definition) is 2. The summed E-state index contributed by atoms with van der Waals surface area (Å²) in [5, 5.41) is 5.71. The number of nitrogens with one attached hydrogen (secondary N) is 2. The van der Waals surface area contributed by atoms with Gasteiger partial charge in [-0.15, -0.1) is 0 Å². The fraction of sp³-hybridized carbons (Fsp3) is 0.400. The van der Waals surface area contributed by atoms with Gasteiger partial charge in [0.25, 0.3) is 5.91 Å². The van der Waals surface area contributed by atoms with Crippen LogP contribution in [0.15, 0.2) is 36.4 Å². The summed E-state index contributed by atoms with van der Waals surface area (Å²) < 4.78 is 69.4. The van der Waals surface area contributed by atoms with Gasteiger partial charge in [-0.3, -0.25) is 4.79 Å². The van der Waals surface area contributed by atoms with Crippen LogP contribution in [0.5, 0.6) is 0 Å². The monoisotopic (exact) mass is 494 g/mol. The fourth-order valence-electron chi connectivity index (χ4n) is 4.44. The second kappa shape index (κ2) is 9.94. The summed E-state index contributed by atoms with van der Waals surface area (Å²) in [6.45, 7) is 5.05. The van der Waals surface area contributed by atoms with Gasteiger partial charge >= 0.3 is 6.18 Å². The molecule has 0 radical (unpaired) electrons. The summed E-state index contributed by atoms with van der Waals surface area (Å²) >= 11 is 0. The van der Waals surface area contributed by atoms with Crippen LogP contribution in [0, 0.1) is 11.6 Å². The van der Waals surface area contributed by atoms with Crippen LogP contribution in [-0.2, 0) is 6.18 Å². The van der Waals surface area contributed by atoms with Crippen molar-refractivity contribution >= 4 is 22.9 Å². The second-order valence-electron chi connectivity index (χ2n) is 8.95. The van der Waals surface area contributed by atoms with Gasteiger partial charge in [-0.2, -0.15) is 13.2 Å². The number of anilines is 2. The van der Waals surface area contributed by atoms with Gasteiger partial charge in [0.2, 0.25) is 0 Å². The zero-order valence-electron chi connectivity index (χ0n) is 19.5. The lowest BCUT2D eigenvalue weighted by atomic mass is 9.97. The molecule has 2 aliphatic heterocycles. The quantitative estimate of drug-likeness (QED) is 0.603. The van der Waals surface area contributed by atoms with Crippen LogP contribution < -0.4 is 15.5 Å². The number of carbonyl (C=O) groups excluding carboxylic acids is 1. The molecule has 1 fully saturated rings. The fourth-order valence-corrected chi connectivity index (χ4v) is 4.44. The van der Waals surface area contributed by atoms with Crippen LogP contribution in [0.2, 0.25) is 0 Å². The molecule has 2 aromatic rings. The van der Waals surface area contributed by atoms with Gasteiger partial charge in [0.15, 0.2) is 0 Å². The highest BCUT2D eigenvalue weighted by molar-refractivity contribution is 6.07. The molecular weight excluding hydrogens is 467 g/mol. The third-order valence-electron chi connectivity index (χ3n) is 6.58. The third kappa shape index (κ3) is 5.48. The number of piperazine rings is 1. The maximum absolute atomic E-state index is 15.3. The topological polar surface area (TPSA) is 47.6 Å². The molecule has 5 nitrogen and oxygen atoms in total. The van der Waals surface area contributed by atoms with Gasteiger partial charge in [-0.25, -0.2) is 8.78 Å². The van der Waals surface area contributed by atoms with Crippen LogP contribution in [0.4, 0.5) is 33.3 Å². The van der Waals surface area contributed by atoms with Gasteiger partial charge in [0.1, 0.15) is 11.6 Å². The molecule has 0 saturated carbocycles.